The number of fused-ring (bicyclic) bond motifs is 1. The second-order valence-electron chi connectivity index (χ2n) is 5.85. The first-order valence-electron chi connectivity index (χ1n) is 8.43. The first kappa shape index (κ1) is 17.3. The fourth-order valence-corrected chi connectivity index (χ4v) is 2.86. The molecule has 0 saturated carbocycles. The van der Waals surface area contributed by atoms with E-state index in [1.54, 1.807) is 10.6 Å². The summed E-state index contributed by atoms with van der Waals surface area (Å²) in [5.74, 6) is 0.200. The number of hydrogen-bond acceptors (Lipinski definition) is 3. The van der Waals surface area contributed by atoms with Gasteiger partial charge >= 0.3 is 5.97 Å². The van der Waals surface area contributed by atoms with Crippen molar-refractivity contribution >= 4 is 11.5 Å². The molecule has 2 aromatic rings. The standard InChI is InChI=1S/C19H25NO3/c1-4-6-10-15-16(11-7-5-2)19(22)20-13-9-8-12-17(20)18(15)23-14(3)21/h8-9,12-13H,4-7,10-11H2,1-3H3. The van der Waals surface area contributed by atoms with Crippen LogP contribution in [-0.2, 0) is 17.6 Å². The zero-order valence-electron chi connectivity index (χ0n) is 14.2. The van der Waals surface area contributed by atoms with Gasteiger partial charge in [-0.25, -0.2) is 0 Å². The molecule has 0 radical (unpaired) electrons. The minimum atomic E-state index is -0.353. The van der Waals surface area contributed by atoms with Crippen LogP contribution >= 0.6 is 0 Å². The van der Waals surface area contributed by atoms with Gasteiger partial charge in [0.15, 0.2) is 5.75 Å². The van der Waals surface area contributed by atoms with Crippen LogP contribution in [0, 0.1) is 0 Å². The van der Waals surface area contributed by atoms with Crippen molar-refractivity contribution < 1.29 is 9.53 Å². The molecule has 23 heavy (non-hydrogen) atoms. The summed E-state index contributed by atoms with van der Waals surface area (Å²) in [5.41, 5.74) is 2.38. The largest absolute Gasteiger partial charge is 0.424 e. The maximum atomic E-state index is 12.9. The van der Waals surface area contributed by atoms with Gasteiger partial charge in [0, 0.05) is 24.2 Å². The van der Waals surface area contributed by atoms with Gasteiger partial charge in [-0.05, 0) is 37.8 Å². The molecule has 0 aliphatic rings. The van der Waals surface area contributed by atoms with Crippen LogP contribution in [0.3, 0.4) is 0 Å². The molecule has 0 N–H and O–H groups in total. The van der Waals surface area contributed by atoms with E-state index in [2.05, 4.69) is 13.8 Å². The maximum absolute atomic E-state index is 12.9. The highest BCUT2D eigenvalue weighted by Crippen LogP contribution is 2.29. The Bertz CT molecular complexity index is 746. The lowest BCUT2D eigenvalue weighted by molar-refractivity contribution is -0.131. The Hall–Kier alpha value is -2.10. The van der Waals surface area contributed by atoms with Crippen molar-refractivity contribution in [3.05, 3.63) is 45.9 Å². The van der Waals surface area contributed by atoms with Gasteiger partial charge in [-0.1, -0.05) is 32.8 Å². The Morgan fingerprint density at radius 2 is 1.74 bits per heavy atom. The van der Waals surface area contributed by atoms with Crippen molar-refractivity contribution in [2.75, 3.05) is 0 Å². The van der Waals surface area contributed by atoms with Crippen molar-refractivity contribution in [3.63, 3.8) is 0 Å². The smallest absolute Gasteiger partial charge is 0.308 e. The summed E-state index contributed by atoms with van der Waals surface area (Å²) in [6.07, 6.45) is 7.19. The summed E-state index contributed by atoms with van der Waals surface area (Å²) in [7, 11) is 0. The number of carbonyl (C=O) groups excluding carboxylic acids is 1. The third-order valence-electron chi connectivity index (χ3n) is 4.01. The van der Waals surface area contributed by atoms with E-state index in [0.29, 0.717) is 11.3 Å². The Labute approximate surface area is 137 Å². The Kier molecular flexibility index (Phi) is 5.97. The first-order chi connectivity index (χ1) is 11.1. The molecule has 2 aromatic heterocycles. The molecule has 4 nitrogen and oxygen atoms in total. The Morgan fingerprint density at radius 3 is 2.35 bits per heavy atom. The zero-order valence-corrected chi connectivity index (χ0v) is 14.2. The average molecular weight is 315 g/mol. The number of aromatic nitrogens is 1. The number of unbranched alkanes of at least 4 members (excludes halogenated alkanes) is 2. The van der Waals surface area contributed by atoms with E-state index in [0.717, 1.165) is 49.7 Å². The lowest BCUT2D eigenvalue weighted by atomic mass is 9.97. The van der Waals surface area contributed by atoms with Gasteiger partial charge in [-0.2, -0.15) is 0 Å². The topological polar surface area (TPSA) is 47.8 Å². The van der Waals surface area contributed by atoms with E-state index in [4.69, 9.17) is 4.74 Å². The lowest BCUT2D eigenvalue weighted by Gasteiger charge is -2.17. The van der Waals surface area contributed by atoms with Crippen LogP contribution in [-0.4, -0.2) is 10.4 Å². The van der Waals surface area contributed by atoms with Crippen molar-refractivity contribution in [1.29, 1.82) is 0 Å². The second kappa shape index (κ2) is 7.95. The highest BCUT2D eigenvalue weighted by molar-refractivity contribution is 5.75. The maximum Gasteiger partial charge on any atom is 0.308 e. The molecular formula is C19H25NO3. The number of rotatable bonds is 7. The van der Waals surface area contributed by atoms with Crippen LogP contribution < -0.4 is 10.3 Å². The van der Waals surface area contributed by atoms with Crippen LogP contribution in [0.15, 0.2) is 29.2 Å². The minimum absolute atomic E-state index is 0.0102. The number of ether oxygens (including phenoxy) is 1. The number of nitrogens with zero attached hydrogens (tertiary/aromatic N) is 1. The van der Waals surface area contributed by atoms with Crippen LogP contribution in [0.25, 0.3) is 5.52 Å². The highest BCUT2D eigenvalue weighted by Gasteiger charge is 2.19. The SMILES string of the molecule is CCCCc1c(CCCC)c(=O)n2ccccc2c1OC(C)=O. The molecule has 0 fully saturated rings. The molecule has 0 spiro atoms. The second-order valence-corrected chi connectivity index (χ2v) is 5.85. The average Bonchev–Trinajstić information content (AvgIpc) is 2.54. The van der Waals surface area contributed by atoms with Gasteiger partial charge in [-0.15, -0.1) is 0 Å². The fourth-order valence-electron chi connectivity index (χ4n) is 2.86. The quantitative estimate of drug-likeness (QED) is 0.728. The predicted octanol–water partition coefficient (Wildman–Crippen LogP) is 3.91. The third-order valence-corrected chi connectivity index (χ3v) is 4.01. The van der Waals surface area contributed by atoms with E-state index in [1.165, 1.54) is 6.92 Å². The van der Waals surface area contributed by atoms with Gasteiger partial charge in [0.25, 0.3) is 5.56 Å². The van der Waals surface area contributed by atoms with Gasteiger partial charge in [0.2, 0.25) is 0 Å². The summed E-state index contributed by atoms with van der Waals surface area (Å²) in [6, 6.07) is 5.51. The van der Waals surface area contributed by atoms with Crippen molar-refractivity contribution in [2.24, 2.45) is 0 Å². The molecule has 0 bridgehead atoms. The summed E-state index contributed by atoms with van der Waals surface area (Å²) >= 11 is 0. The number of hydrogen-bond donors (Lipinski definition) is 0. The van der Waals surface area contributed by atoms with Gasteiger partial charge in [0.1, 0.15) is 0 Å². The molecule has 0 amide bonds. The lowest BCUT2D eigenvalue weighted by Crippen LogP contribution is -2.23. The van der Waals surface area contributed by atoms with Gasteiger partial charge < -0.3 is 4.74 Å². The van der Waals surface area contributed by atoms with E-state index >= 15 is 0 Å². The third kappa shape index (κ3) is 3.81. The number of esters is 1. The molecule has 2 rings (SSSR count). The summed E-state index contributed by atoms with van der Waals surface area (Å²) < 4.78 is 7.13. The monoisotopic (exact) mass is 315 g/mol. The predicted molar refractivity (Wildman–Crippen MR) is 92.2 cm³/mol. The summed E-state index contributed by atoms with van der Waals surface area (Å²) in [6.45, 7) is 5.63. The van der Waals surface area contributed by atoms with Crippen LogP contribution in [0.4, 0.5) is 0 Å². The van der Waals surface area contributed by atoms with Crippen LogP contribution in [0.2, 0.25) is 0 Å². The number of pyridine rings is 2. The molecule has 0 aliphatic carbocycles. The summed E-state index contributed by atoms with van der Waals surface area (Å²) in [4.78, 5) is 24.5. The van der Waals surface area contributed by atoms with Crippen LogP contribution in [0.5, 0.6) is 5.75 Å². The minimum Gasteiger partial charge on any atom is -0.424 e. The molecule has 0 atom stereocenters. The van der Waals surface area contributed by atoms with E-state index < -0.39 is 0 Å². The fraction of sp³-hybridized carbons (Fsp3) is 0.474. The Balaban J connectivity index is 2.74. The van der Waals surface area contributed by atoms with Crippen LogP contribution in [0.1, 0.15) is 57.6 Å². The van der Waals surface area contributed by atoms with Crippen molar-refractivity contribution in [3.8, 4) is 5.75 Å². The van der Waals surface area contributed by atoms with Gasteiger partial charge in [-0.3, -0.25) is 14.0 Å². The normalized spacial score (nSPS) is 10.9. The molecule has 4 heteroatoms. The van der Waals surface area contributed by atoms with Gasteiger partial charge in [0.05, 0.1) is 5.52 Å². The molecule has 0 saturated heterocycles. The van der Waals surface area contributed by atoms with E-state index in [-0.39, 0.29) is 11.5 Å². The first-order valence-corrected chi connectivity index (χ1v) is 8.43. The zero-order chi connectivity index (χ0) is 16.8. The number of carbonyl (C=O) groups is 1. The molecule has 124 valence electrons. The highest BCUT2D eigenvalue weighted by atomic mass is 16.5. The molecule has 2 heterocycles. The molecule has 0 unspecified atom stereocenters. The Morgan fingerprint density at radius 1 is 1.09 bits per heavy atom. The van der Waals surface area contributed by atoms with Crippen molar-refractivity contribution in [1.82, 2.24) is 4.40 Å². The molecular weight excluding hydrogens is 290 g/mol. The van der Waals surface area contributed by atoms with E-state index in [1.807, 2.05) is 18.2 Å². The van der Waals surface area contributed by atoms with E-state index in [9.17, 15) is 9.59 Å². The summed E-state index contributed by atoms with van der Waals surface area (Å²) in [5, 5.41) is 0. The molecule has 0 aromatic carbocycles. The van der Waals surface area contributed by atoms with Crippen molar-refractivity contribution in [2.45, 2.75) is 59.3 Å². The molecule has 0 aliphatic heterocycles.